The summed E-state index contributed by atoms with van der Waals surface area (Å²) in [6, 6.07) is 13.1. The molecule has 0 saturated carbocycles. The first-order chi connectivity index (χ1) is 13.5. The minimum Gasteiger partial charge on any atom is -0.493 e. The van der Waals surface area contributed by atoms with Crippen molar-refractivity contribution in [3.05, 3.63) is 58.7 Å². The number of carbonyl (C=O) groups is 1. The fourth-order valence-electron chi connectivity index (χ4n) is 2.60. The van der Waals surface area contributed by atoms with E-state index in [0.29, 0.717) is 29.4 Å². The monoisotopic (exact) mass is 378 g/mol. The number of nitrogens with zero attached hydrogens (tertiary/aromatic N) is 1. The molecule has 0 unspecified atom stereocenters. The molecule has 5 heteroatoms. The Labute approximate surface area is 166 Å². The van der Waals surface area contributed by atoms with Crippen LogP contribution in [0.3, 0.4) is 0 Å². The third-order valence-corrected chi connectivity index (χ3v) is 4.26. The Hall–Kier alpha value is -3.26. The summed E-state index contributed by atoms with van der Waals surface area (Å²) >= 11 is 0. The molecular formula is C23H26N2O3. The van der Waals surface area contributed by atoms with Gasteiger partial charge in [-0.25, -0.2) is 0 Å². The maximum Gasteiger partial charge on any atom is 0.266 e. The first-order valence-corrected chi connectivity index (χ1v) is 9.29. The van der Waals surface area contributed by atoms with Crippen LogP contribution in [0, 0.1) is 25.2 Å². The molecule has 1 N–H and O–H groups in total. The van der Waals surface area contributed by atoms with Crippen LogP contribution in [0.25, 0.3) is 6.08 Å². The number of carbonyl (C=O) groups excluding carboxylic acids is 1. The highest BCUT2D eigenvalue weighted by molar-refractivity contribution is 6.10. The van der Waals surface area contributed by atoms with Crippen molar-refractivity contribution in [2.75, 3.05) is 19.0 Å². The van der Waals surface area contributed by atoms with Crippen molar-refractivity contribution in [2.45, 2.75) is 33.6 Å². The third-order valence-electron chi connectivity index (χ3n) is 4.26. The summed E-state index contributed by atoms with van der Waals surface area (Å²) in [5.74, 6) is 0.766. The van der Waals surface area contributed by atoms with Crippen molar-refractivity contribution in [2.24, 2.45) is 0 Å². The fourth-order valence-corrected chi connectivity index (χ4v) is 2.60. The molecule has 2 aromatic carbocycles. The summed E-state index contributed by atoms with van der Waals surface area (Å²) in [6.45, 7) is 6.57. The van der Waals surface area contributed by atoms with Crippen molar-refractivity contribution >= 4 is 17.7 Å². The zero-order valence-electron chi connectivity index (χ0n) is 16.8. The van der Waals surface area contributed by atoms with E-state index < -0.39 is 5.91 Å². The Morgan fingerprint density at radius 3 is 2.64 bits per heavy atom. The highest BCUT2D eigenvalue weighted by Gasteiger charge is 2.12. The van der Waals surface area contributed by atoms with Crippen LogP contribution < -0.4 is 14.8 Å². The molecule has 2 rings (SSSR count). The van der Waals surface area contributed by atoms with Crippen LogP contribution in [0.5, 0.6) is 11.5 Å². The summed E-state index contributed by atoms with van der Waals surface area (Å²) in [5.41, 5.74) is 3.37. The second-order valence-electron chi connectivity index (χ2n) is 6.55. The maximum absolute atomic E-state index is 12.5. The minimum absolute atomic E-state index is 0.0163. The number of rotatable bonds is 8. The molecule has 2 aromatic rings. The standard InChI is InChI=1S/C23H26N2O3/c1-5-6-11-28-21-10-9-18(14-22(21)27-4)13-19(15-24)23(26)25-20-12-16(2)7-8-17(20)3/h7-10,12-14H,5-6,11H2,1-4H3,(H,25,26)/b19-13+. The van der Waals surface area contributed by atoms with E-state index in [2.05, 4.69) is 12.2 Å². The van der Waals surface area contributed by atoms with E-state index in [9.17, 15) is 10.1 Å². The molecule has 0 saturated heterocycles. The Kier molecular flexibility index (Phi) is 7.65. The number of methoxy groups -OCH3 is 1. The Bertz CT molecular complexity index is 911. The van der Waals surface area contributed by atoms with Crippen LogP contribution in [0.4, 0.5) is 5.69 Å². The van der Waals surface area contributed by atoms with E-state index in [0.717, 1.165) is 24.0 Å². The zero-order chi connectivity index (χ0) is 20.5. The largest absolute Gasteiger partial charge is 0.493 e. The average molecular weight is 378 g/mol. The van der Waals surface area contributed by atoms with Crippen LogP contribution in [-0.4, -0.2) is 19.6 Å². The normalized spacial score (nSPS) is 10.9. The number of ether oxygens (including phenoxy) is 2. The molecule has 0 aliphatic carbocycles. The Morgan fingerprint density at radius 1 is 1.18 bits per heavy atom. The molecule has 0 spiro atoms. The lowest BCUT2D eigenvalue weighted by atomic mass is 10.1. The van der Waals surface area contributed by atoms with Gasteiger partial charge in [0.1, 0.15) is 11.6 Å². The number of aryl methyl sites for hydroxylation is 2. The lowest BCUT2D eigenvalue weighted by Crippen LogP contribution is -2.14. The van der Waals surface area contributed by atoms with Crippen LogP contribution in [0.2, 0.25) is 0 Å². The molecule has 5 nitrogen and oxygen atoms in total. The van der Waals surface area contributed by atoms with Crippen molar-refractivity contribution < 1.29 is 14.3 Å². The van der Waals surface area contributed by atoms with E-state index in [1.807, 2.05) is 38.1 Å². The highest BCUT2D eigenvalue weighted by Crippen LogP contribution is 2.29. The van der Waals surface area contributed by atoms with E-state index in [1.165, 1.54) is 0 Å². The van der Waals surface area contributed by atoms with Crippen molar-refractivity contribution in [3.8, 4) is 17.6 Å². The third kappa shape index (κ3) is 5.62. The molecular weight excluding hydrogens is 352 g/mol. The van der Waals surface area contributed by atoms with E-state index in [1.54, 1.807) is 31.4 Å². The van der Waals surface area contributed by atoms with Crippen LogP contribution in [0.1, 0.15) is 36.5 Å². The Morgan fingerprint density at radius 2 is 1.96 bits per heavy atom. The van der Waals surface area contributed by atoms with E-state index >= 15 is 0 Å². The van der Waals surface area contributed by atoms with Crippen molar-refractivity contribution in [1.29, 1.82) is 5.26 Å². The smallest absolute Gasteiger partial charge is 0.266 e. The number of nitrogens with one attached hydrogen (secondary N) is 1. The predicted molar refractivity (Wildman–Crippen MR) is 112 cm³/mol. The Balaban J connectivity index is 2.22. The fraction of sp³-hybridized carbons (Fsp3) is 0.304. The number of amides is 1. The maximum atomic E-state index is 12.5. The first-order valence-electron chi connectivity index (χ1n) is 9.29. The van der Waals surface area contributed by atoms with Gasteiger partial charge >= 0.3 is 0 Å². The summed E-state index contributed by atoms with van der Waals surface area (Å²) < 4.78 is 11.1. The molecule has 146 valence electrons. The van der Waals surface area contributed by atoms with Gasteiger partial charge in [-0.15, -0.1) is 0 Å². The van der Waals surface area contributed by atoms with Gasteiger partial charge in [-0.2, -0.15) is 5.26 Å². The van der Waals surface area contributed by atoms with Gasteiger partial charge in [-0.1, -0.05) is 31.5 Å². The molecule has 0 radical (unpaired) electrons. The second kappa shape index (κ2) is 10.2. The van der Waals surface area contributed by atoms with E-state index in [-0.39, 0.29) is 5.57 Å². The molecule has 1 amide bonds. The average Bonchev–Trinajstić information content (AvgIpc) is 2.69. The van der Waals surface area contributed by atoms with Gasteiger partial charge < -0.3 is 14.8 Å². The van der Waals surface area contributed by atoms with Crippen LogP contribution >= 0.6 is 0 Å². The lowest BCUT2D eigenvalue weighted by Gasteiger charge is -2.11. The molecule has 28 heavy (non-hydrogen) atoms. The number of hydrogen-bond donors (Lipinski definition) is 1. The molecule has 0 aromatic heterocycles. The number of unbranched alkanes of at least 4 members (excludes halogenated alkanes) is 1. The second-order valence-corrected chi connectivity index (χ2v) is 6.55. The molecule has 0 aliphatic rings. The van der Waals surface area contributed by atoms with Gasteiger partial charge in [0.05, 0.1) is 13.7 Å². The van der Waals surface area contributed by atoms with Gasteiger partial charge in [0.2, 0.25) is 0 Å². The van der Waals surface area contributed by atoms with Crippen molar-refractivity contribution in [1.82, 2.24) is 0 Å². The first kappa shape index (κ1) is 21.0. The highest BCUT2D eigenvalue weighted by atomic mass is 16.5. The van der Waals surface area contributed by atoms with Gasteiger partial charge in [0, 0.05) is 5.69 Å². The molecule has 0 fully saturated rings. The van der Waals surface area contributed by atoms with Gasteiger partial charge in [0.15, 0.2) is 11.5 Å². The lowest BCUT2D eigenvalue weighted by molar-refractivity contribution is -0.112. The minimum atomic E-state index is -0.446. The summed E-state index contributed by atoms with van der Waals surface area (Å²) in [4.78, 5) is 12.5. The number of benzene rings is 2. The molecule has 0 atom stereocenters. The number of hydrogen-bond acceptors (Lipinski definition) is 4. The SMILES string of the molecule is CCCCOc1ccc(/C=C(\C#N)C(=O)Nc2cc(C)ccc2C)cc1OC. The van der Waals surface area contributed by atoms with Gasteiger partial charge in [0.25, 0.3) is 5.91 Å². The van der Waals surface area contributed by atoms with Crippen molar-refractivity contribution in [3.63, 3.8) is 0 Å². The summed E-state index contributed by atoms with van der Waals surface area (Å²) in [7, 11) is 1.56. The van der Waals surface area contributed by atoms with Crippen LogP contribution in [-0.2, 0) is 4.79 Å². The summed E-state index contributed by atoms with van der Waals surface area (Å²) in [5, 5.41) is 12.3. The zero-order valence-corrected chi connectivity index (χ0v) is 16.8. The summed E-state index contributed by atoms with van der Waals surface area (Å²) in [6.07, 6.45) is 3.55. The van der Waals surface area contributed by atoms with Gasteiger partial charge in [-0.05, 0) is 61.2 Å². The molecule has 0 aliphatic heterocycles. The van der Waals surface area contributed by atoms with Gasteiger partial charge in [-0.3, -0.25) is 4.79 Å². The molecule has 0 bridgehead atoms. The number of anilines is 1. The topological polar surface area (TPSA) is 71.3 Å². The predicted octanol–water partition coefficient (Wildman–Crippen LogP) is 5.04. The molecule has 0 heterocycles. The van der Waals surface area contributed by atoms with E-state index in [4.69, 9.17) is 9.47 Å². The quantitative estimate of drug-likeness (QED) is 0.397. The number of nitriles is 1. The van der Waals surface area contributed by atoms with Crippen LogP contribution in [0.15, 0.2) is 42.0 Å².